The van der Waals surface area contributed by atoms with Gasteiger partial charge in [-0.15, -0.1) is 0 Å². The molecule has 15 heavy (non-hydrogen) atoms. The van der Waals surface area contributed by atoms with E-state index < -0.39 is 0 Å². The number of aryl methyl sites for hydroxylation is 1. The van der Waals surface area contributed by atoms with Crippen molar-refractivity contribution in [2.75, 3.05) is 4.90 Å². The summed E-state index contributed by atoms with van der Waals surface area (Å²) in [6.07, 6.45) is 4.47. The van der Waals surface area contributed by atoms with Crippen LogP contribution in [-0.2, 0) is 0 Å². The Hall–Kier alpha value is -0.670. The minimum absolute atomic E-state index is 0.644. The molecular weight excluding hydrogens is 228 g/mol. The van der Waals surface area contributed by atoms with Crippen LogP contribution < -0.4 is 4.90 Å². The number of hydrogen-bond acceptors (Lipinski definition) is 3. The first kappa shape index (κ1) is 9.55. The molecule has 0 N–H and O–H groups in total. The molecule has 0 spiro atoms. The van der Waals surface area contributed by atoms with E-state index in [0.29, 0.717) is 6.04 Å². The van der Waals surface area contributed by atoms with Gasteiger partial charge in [-0.1, -0.05) is 17.7 Å². The van der Waals surface area contributed by atoms with Gasteiger partial charge in [0.2, 0.25) is 0 Å². The monoisotopic (exact) mass is 238 g/mol. The Balaban J connectivity index is 2.15. The molecule has 0 saturated heterocycles. The zero-order valence-electron chi connectivity index (χ0n) is 8.40. The molecule has 0 unspecified atom stereocenters. The predicted octanol–water partition coefficient (Wildman–Crippen LogP) is 3.67. The molecule has 3 rings (SSSR count). The van der Waals surface area contributed by atoms with E-state index in [1.165, 1.54) is 36.0 Å². The van der Waals surface area contributed by atoms with E-state index in [1.807, 2.05) is 12.4 Å². The van der Waals surface area contributed by atoms with Crippen molar-refractivity contribution in [3.8, 4) is 0 Å². The van der Waals surface area contributed by atoms with Crippen LogP contribution >= 0.6 is 23.5 Å². The third-order valence-corrected chi connectivity index (χ3v) is 4.02. The van der Waals surface area contributed by atoms with Gasteiger partial charge >= 0.3 is 0 Å². The maximum absolute atomic E-state index is 6.18. The SMILES string of the molecule is Cc1ccc(Cl)c2c1N(C1CC1)C=NS2. The highest BCUT2D eigenvalue weighted by Gasteiger charge is 2.32. The van der Waals surface area contributed by atoms with Crippen LogP contribution in [-0.4, -0.2) is 12.4 Å². The van der Waals surface area contributed by atoms with Crippen LogP contribution in [0.5, 0.6) is 0 Å². The number of rotatable bonds is 1. The Morgan fingerprint density at radius 2 is 2.27 bits per heavy atom. The van der Waals surface area contributed by atoms with Crippen LogP contribution in [0.1, 0.15) is 18.4 Å². The fourth-order valence-electron chi connectivity index (χ4n) is 1.87. The summed E-state index contributed by atoms with van der Waals surface area (Å²) in [6, 6.07) is 4.68. The first-order valence-corrected chi connectivity index (χ1v) is 6.20. The number of fused-ring (bicyclic) bond motifs is 1. The summed E-state index contributed by atoms with van der Waals surface area (Å²) < 4.78 is 4.30. The van der Waals surface area contributed by atoms with E-state index in [1.54, 1.807) is 0 Å². The van der Waals surface area contributed by atoms with Crippen molar-refractivity contribution in [2.24, 2.45) is 4.40 Å². The Bertz CT molecular complexity index is 440. The smallest absolute Gasteiger partial charge is 0.104 e. The van der Waals surface area contributed by atoms with Crippen molar-refractivity contribution >= 4 is 35.6 Å². The molecule has 2 aliphatic rings. The van der Waals surface area contributed by atoms with E-state index in [9.17, 15) is 0 Å². The molecule has 1 aliphatic carbocycles. The molecule has 0 amide bonds. The van der Waals surface area contributed by atoms with Crippen molar-refractivity contribution < 1.29 is 0 Å². The zero-order chi connectivity index (χ0) is 10.4. The average molecular weight is 239 g/mol. The molecule has 1 fully saturated rings. The van der Waals surface area contributed by atoms with E-state index >= 15 is 0 Å². The molecule has 0 bridgehead atoms. The second-order valence-corrected chi connectivity index (χ2v) is 5.20. The van der Waals surface area contributed by atoms with Crippen LogP contribution in [0.2, 0.25) is 5.02 Å². The molecule has 4 heteroatoms. The average Bonchev–Trinajstić information content (AvgIpc) is 3.07. The summed E-state index contributed by atoms with van der Waals surface area (Å²) in [5, 5.41) is 0.808. The van der Waals surface area contributed by atoms with E-state index in [0.717, 1.165) is 9.92 Å². The minimum Gasteiger partial charge on any atom is -0.327 e. The molecule has 78 valence electrons. The molecular formula is C11H11ClN2S. The molecule has 1 aliphatic heterocycles. The van der Waals surface area contributed by atoms with Crippen LogP contribution in [0.25, 0.3) is 0 Å². The van der Waals surface area contributed by atoms with Gasteiger partial charge in [-0.3, -0.25) is 0 Å². The lowest BCUT2D eigenvalue weighted by Gasteiger charge is -2.27. The maximum atomic E-state index is 6.18. The number of nitrogens with zero attached hydrogens (tertiary/aromatic N) is 2. The largest absolute Gasteiger partial charge is 0.327 e. The molecule has 1 saturated carbocycles. The normalized spacial score (nSPS) is 19.2. The Morgan fingerprint density at radius 3 is 3.00 bits per heavy atom. The van der Waals surface area contributed by atoms with Gasteiger partial charge in [-0.25, -0.2) is 4.40 Å². The summed E-state index contributed by atoms with van der Waals surface area (Å²) in [6.45, 7) is 2.13. The van der Waals surface area contributed by atoms with Crippen molar-refractivity contribution in [1.82, 2.24) is 0 Å². The molecule has 0 radical (unpaired) electrons. The highest BCUT2D eigenvalue weighted by molar-refractivity contribution is 7.98. The minimum atomic E-state index is 0.644. The summed E-state index contributed by atoms with van der Waals surface area (Å²) in [5.74, 6) is 0. The van der Waals surface area contributed by atoms with Crippen molar-refractivity contribution in [2.45, 2.75) is 30.7 Å². The molecule has 2 nitrogen and oxygen atoms in total. The number of anilines is 1. The first-order valence-electron chi connectivity index (χ1n) is 5.05. The molecule has 0 atom stereocenters. The highest BCUT2D eigenvalue weighted by atomic mass is 35.5. The topological polar surface area (TPSA) is 15.6 Å². The van der Waals surface area contributed by atoms with Crippen molar-refractivity contribution in [1.29, 1.82) is 0 Å². The third-order valence-electron chi connectivity index (χ3n) is 2.80. The van der Waals surface area contributed by atoms with Crippen LogP contribution in [0, 0.1) is 6.92 Å². The third kappa shape index (κ3) is 1.54. The molecule has 1 aromatic carbocycles. The van der Waals surface area contributed by atoms with E-state index in [-0.39, 0.29) is 0 Å². The second kappa shape index (κ2) is 3.42. The van der Waals surface area contributed by atoms with E-state index in [4.69, 9.17) is 11.6 Å². The van der Waals surface area contributed by atoms with Crippen LogP contribution in [0.3, 0.4) is 0 Å². The first-order chi connectivity index (χ1) is 7.27. The van der Waals surface area contributed by atoms with Crippen LogP contribution in [0.4, 0.5) is 5.69 Å². The second-order valence-electron chi connectivity index (χ2n) is 3.99. The lowest BCUT2D eigenvalue weighted by atomic mass is 10.2. The predicted molar refractivity (Wildman–Crippen MR) is 66.0 cm³/mol. The lowest BCUT2D eigenvalue weighted by molar-refractivity contribution is 0.987. The fraction of sp³-hybridized carbons (Fsp3) is 0.364. The quantitative estimate of drug-likeness (QED) is 0.694. The molecule has 1 aromatic rings. The maximum Gasteiger partial charge on any atom is 0.104 e. The zero-order valence-corrected chi connectivity index (χ0v) is 9.98. The van der Waals surface area contributed by atoms with Gasteiger partial charge in [0.15, 0.2) is 0 Å². The van der Waals surface area contributed by atoms with Gasteiger partial charge in [0.1, 0.15) is 6.34 Å². The van der Waals surface area contributed by atoms with Gasteiger partial charge in [0.05, 0.1) is 15.6 Å². The number of benzene rings is 1. The Morgan fingerprint density at radius 1 is 1.47 bits per heavy atom. The summed E-state index contributed by atoms with van der Waals surface area (Å²) in [7, 11) is 0. The number of halogens is 1. The highest BCUT2D eigenvalue weighted by Crippen LogP contribution is 2.44. The molecule has 1 heterocycles. The van der Waals surface area contributed by atoms with Gasteiger partial charge < -0.3 is 4.90 Å². The molecule has 0 aromatic heterocycles. The lowest BCUT2D eigenvalue weighted by Crippen LogP contribution is -2.26. The Labute approximate surface area is 98.5 Å². The van der Waals surface area contributed by atoms with Crippen LogP contribution in [0.15, 0.2) is 21.4 Å². The van der Waals surface area contributed by atoms with Gasteiger partial charge in [0, 0.05) is 18.0 Å². The summed E-state index contributed by atoms with van der Waals surface area (Å²) >= 11 is 7.66. The fourth-order valence-corrected chi connectivity index (χ4v) is 2.89. The van der Waals surface area contributed by atoms with Gasteiger partial charge in [-0.2, -0.15) is 0 Å². The van der Waals surface area contributed by atoms with Gasteiger partial charge in [-0.05, 0) is 31.4 Å². The van der Waals surface area contributed by atoms with E-state index in [2.05, 4.69) is 22.3 Å². The van der Waals surface area contributed by atoms with Crippen molar-refractivity contribution in [3.05, 3.63) is 22.7 Å². The summed E-state index contributed by atoms with van der Waals surface area (Å²) in [5.41, 5.74) is 2.53. The van der Waals surface area contributed by atoms with Gasteiger partial charge in [0.25, 0.3) is 0 Å². The van der Waals surface area contributed by atoms with Crippen molar-refractivity contribution in [3.63, 3.8) is 0 Å². The summed E-state index contributed by atoms with van der Waals surface area (Å²) in [4.78, 5) is 3.37. The number of hydrogen-bond donors (Lipinski definition) is 0. The standard InChI is InChI=1S/C11H11ClN2S/c1-7-2-5-9(12)11-10(7)14(6-13-15-11)8-3-4-8/h2,5-6,8H,3-4H2,1H3. The Kier molecular flexibility index (Phi) is 2.18.